The number of hydrogen-bond donors (Lipinski definition) is 0. The molecule has 0 bridgehead atoms. The number of rotatable bonds is 0. The van der Waals surface area contributed by atoms with Crippen LogP contribution in [0.3, 0.4) is 0 Å². The van der Waals surface area contributed by atoms with Crippen molar-refractivity contribution in [3.8, 4) is 6.07 Å². The Bertz CT molecular complexity index is 181. The molecule has 0 aromatic carbocycles. The lowest BCUT2D eigenvalue weighted by Crippen LogP contribution is -2.42. The van der Waals surface area contributed by atoms with Crippen LogP contribution in [0.2, 0.25) is 0 Å². The summed E-state index contributed by atoms with van der Waals surface area (Å²) in [6, 6.07) is 2.46. The van der Waals surface area contributed by atoms with Gasteiger partial charge in [0.15, 0.2) is 0 Å². The molecular weight excluding hydrogens is 146 g/mol. The van der Waals surface area contributed by atoms with Gasteiger partial charge in [-0.05, 0) is 17.8 Å². The van der Waals surface area contributed by atoms with Gasteiger partial charge in [0.25, 0.3) is 0 Å². The molecule has 0 fully saturated rings. The molecule has 0 rings (SSSR count). The van der Waals surface area contributed by atoms with Crippen LogP contribution < -0.4 is 0 Å². The highest BCUT2D eigenvalue weighted by Crippen LogP contribution is 2.50. The standard InChI is InChI=1S/C11H21N/c1-9(2,3)11(7,8-12)10(4,5)6/h1-7H3. The maximum atomic E-state index is 9.21. The minimum Gasteiger partial charge on any atom is -0.198 e. The molecule has 0 aliphatic heterocycles. The van der Waals surface area contributed by atoms with Gasteiger partial charge < -0.3 is 0 Å². The molecule has 0 aromatic rings. The summed E-state index contributed by atoms with van der Waals surface area (Å²) in [4.78, 5) is 0. The van der Waals surface area contributed by atoms with Crippen molar-refractivity contribution in [3.05, 3.63) is 0 Å². The van der Waals surface area contributed by atoms with Crippen molar-refractivity contribution in [2.75, 3.05) is 0 Å². The van der Waals surface area contributed by atoms with Crippen molar-refractivity contribution < 1.29 is 0 Å². The summed E-state index contributed by atoms with van der Waals surface area (Å²) < 4.78 is 0. The average Bonchev–Trinajstić information content (AvgIpc) is 1.81. The van der Waals surface area contributed by atoms with E-state index >= 15 is 0 Å². The van der Waals surface area contributed by atoms with E-state index in [0.717, 1.165) is 0 Å². The van der Waals surface area contributed by atoms with E-state index in [4.69, 9.17) is 0 Å². The van der Waals surface area contributed by atoms with Gasteiger partial charge in [-0.1, -0.05) is 41.5 Å². The summed E-state index contributed by atoms with van der Waals surface area (Å²) in [5.41, 5.74) is -0.222. The molecule has 1 heteroatoms. The second-order valence-corrected chi connectivity index (χ2v) is 5.74. The van der Waals surface area contributed by atoms with Crippen molar-refractivity contribution in [1.29, 1.82) is 5.26 Å². The Morgan fingerprint density at radius 1 is 0.750 bits per heavy atom. The van der Waals surface area contributed by atoms with Crippen LogP contribution in [0.25, 0.3) is 0 Å². The van der Waals surface area contributed by atoms with Crippen LogP contribution in [0.1, 0.15) is 48.5 Å². The van der Waals surface area contributed by atoms with E-state index in [2.05, 4.69) is 47.6 Å². The van der Waals surface area contributed by atoms with E-state index in [1.165, 1.54) is 0 Å². The normalized spacial score (nSPS) is 14.2. The first-order valence-corrected chi connectivity index (χ1v) is 4.47. The van der Waals surface area contributed by atoms with Crippen LogP contribution in [0, 0.1) is 27.6 Å². The quantitative estimate of drug-likeness (QED) is 0.540. The number of hydrogen-bond acceptors (Lipinski definition) is 1. The van der Waals surface area contributed by atoms with Gasteiger partial charge in [-0.2, -0.15) is 5.26 Å². The summed E-state index contributed by atoms with van der Waals surface area (Å²) in [5, 5.41) is 9.21. The second kappa shape index (κ2) is 2.76. The summed E-state index contributed by atoms with van der Waals surface area (Å²) in [7, 11) is 0. The van der Waals surface area contributed by atoms with E-state index in [0.29, 0.717) is 0 Å². The zero-order chi connectivity index (χ0) is 10.2. The third kappa shape index (κ3) is 1.63. The topological polar surface area (TPSA) is 23.8 Å². The molecule has 1 nitrogen and oxygen atoms in total. The molecule has 0 saturated heterocycles. The van der Waals surface area contributed by atoms with E-state index in [1.54, 1.807) is 0 Å². The maximum absolute atomic E-state index is 9.21. The Labute approximate surface area is 76.8 Å². The number of nitrogens with zero attached hydrogens (tertiary/aromatic N) is 1. The Morgan fingerprint density at radius 3 is 1.00 bits per heavy atom. The molecule has 0 aliphatic carbocycles. The first kappa shape index (κ1) is 11.5. The Balaban J connectivity index is 5.14. The minimum absolute atomic E-state index is 0.0278. The first-order chi connectivity index (χ1) is 5.06. The van der Waals surface area contributed by atoms with Gasteiger partial charge in [0.2, 0.25) is 0 Å². The smallest absolute Gasteiger partial charge is 0.0697 e. The van der Waals surface area contributed by atoms with Gasteiger partial charge in [-0.15, -0.1) is 0 Å². The molecule has 0 unspecified atom stereocenters. The molecule has 0 aliphatic rings. The van der Waals surface area contributed by atoms with Crippen LogP contribution in [0.4, 0.5) is 0 Å². The van der Waals surface area contributed by atoms with Crippen LogP contribution in [0.5, 0.6) is 0 Å². The Hall–Kier alpha value is -0.510. The molecule has 0 radical (unpaired) electrons. The molecular formula is C11H21N. The van der Waals surface area contributed by atoms with Crippen molar-refractivity contribution >= 4 is 0 Å². The molecule has 0 atom stereocenters. The highest BCUT2D eigenvalue weighted by molar-refractivity contribution is 5.09. The van der Waals surface area contributed by atoms with Crippen LogP contribution in [0.15, 0.2) is 0 Å². The van der Waals surface area contributed by atoms with Gasteiger partial charge in [-0.3, -0.25) is 0 Å². The van der Waals surface area contributed by atoms with Crippen molar-refractivity contribution in [3.63, 3.8) is 0 Å². The SMILES string of the molecule is CC(C)(C)C(C)(C#N)C(C)(C)C. The molecule has 0 amide bonds. The van der Waals surface area contributed by atoms with Gasteiger partial charge in [0.05, 0.1) is 11.5 Å². The van der Waals surface area contributed by atoms with Gasteiger partial charge in [0, 0.05) is 0 Å². The summed E-state index contributed by atoms with van der Waals surface area (Å²) in [6.07, 6.45) is 0. The Kier molecular flexibility index (Phi) is 2.65. The Morgan fingerprint density at radius 2 is 1.00 bits per heavy atom. The molecule has 0 N–H and O–H groups in total. The van der Waals surface area contributed by atoms with E-state index in [-0.39, 0.29) is 16.2 Å². The summed E-state index contributed by atoms with van der Waals surface area (Å²) in [6.45, 7) is 14.8. The molecule has 0 spiro atoms. The van der Waals surface area contributed by atoms with Crippen molar-refractivity contribution in [2.45, 2.75) is 48.5 Å². The average molecular weight is 167 g/mol. The van der Waals surface area contributed by atoms with Crippen LogP contribution >= 0.6 is 0 Å². The zero-order valence-corrected chi connectivity index (χ0v) is 9.45. The predicted octanol–water partition coefficient (Wildman–Crippen LogP) is 3.61. The highest BCUT2D eigenvalue weighted by Gasteiger charge is 2.46. The predicted molar refractivity (Wildman–Crippen MR) is 52.6 cm³/mol. The zero-order valence-electron chi connectivity index (χ0n) is 9.45. The molecule has 0 aromatic heterocycles. The maximum Gasteiger partial charge on any atom is 0.0697 e. The highest BCUT2D eigenvalue weighted by atomic mass is 14.5. The van der Waals surface area contributed by atoms with Gasteiger partial charge in [0.1, 0.15) is 0 Å². The monoisotopic (exact) mass is 167 g/mol. The van der Waals surface area contributed by atoms with Crippen molar-refractivity contribution in [2.24, 2.45) is 16.2 Å². The fourth-order valence-electron chi connectivity index (χ4n) is 1.46. The lowest BCUT2D eigenvalue weighted by atomic mass is 9.56. The molecule has 0 heterocycles. The molecule has 70 valence electrons. The van der Waals surface area contributed by atoms with Gasteiger partial charge >= 0.3 is 0 Å². The lowest BCUT2D eigenvalue weighted by molar-refractivity contribution is 0.0448. The van der Waals surface area contributed by atoms with Crippen LogP contribution in [-0.4, -0.2) is 0 Å². The third-order valence-electron chi connectivity index (χ3n) is 3.22. The van der Waals surface area contributed by atoms with E-state index < -0.39 is 0 Å². The van der Waals surface area contributed by atoms with Crippen molar-refractivity contribution in [1.82, 2.24) is 0 Å². The lowest BCUT2D eigenvalue weighted by Gasteiger charge is -2.46. The first-order valence-electron chi connectivity index (χ1n) is 4.47. The molecule has 12 heavy (non-hydrogen) atoms. The van der Waals surface area contributed by atoms with Crippen LogP contribution in [-0.2, 0) is 0 Å². The van der Waals surface area contributed by atoms with E-state index in [1.807, 2.05) is 6.92 Å². The second-order valence-electron chi connectivity index (χ2n) is 5.74. The van der Waals surface area contributed by atoms with E-state index in [9.17, 15) is 5.26 Å². The third-order valence-corrected chi connectivity index (χ3v) is 3.22. The number of nitriles is 1. The molecule has 0 saturated carbocycles. The summed E-state index contributed by atoms with van der Waals surface area (Å²) >= 11 is 0. The minimum atomic E-state index is -0.278. The fourth-order valence-corrected chi connectivity index (χ4v) is 1.46. The summed E-state index contributed by atoms with van der Waals surface area (Å²) in [5.74, 6) is 0. The van der Waals surface area contributed by atoms with Gasteiger partial charge in [-0.25, -0.2) is 0 Å². The fraction of sp³-hybridized carbons (Fsp3) is 0.909. The largest absolute Gasteiger partial charge is 0.198 e.